The van der Waals surface area contributed by atoms with Crippen LogP contribution in [0.3, 0.4) is 0 Å². The van der Waals surface area contributed by atoms with Gasteiger partial charge in [0.25, 0.3) is 0 Å². The molecule has 0 aliphatic rings. The van der Waals surface area contributed by atoms with E-state index in [4.69, 9.17) is 5.73 Å². The first-order valence-corrected chi connectivity index (χ1v) is 7.88. The van der Waals surface area contributed by atoms with Crippen LogP contribution in [0.4, 0.5) is 4.39 Å². The summed E-state index contributed by atoms with van der Waals surface area (Å²) in [7, 11) is -3.27. The highest BCUT2D eigenvalue weighted by molar-refractivity contribution is 7.90. The molecule has 2 N–H and O–H groups in total. The van der Waals surface area contributed by atoms with Gasteiger partial charge in [-0.1, -0.05) is 38.5 Å². The Bertz CT molecular complexity index is 500. The fraction of sp³-hybridized carbons (Fsp3) is 0.538. The van der Waals surface area contributed by atoms with E-state index in [-0.39, 0.29) is 29.5 Å². The second-order valence-electron chi connectivity index (χ2n) is 4.66. The third-order valence-corrected chi connectivity index (χ3v) is 4.82. The molecule has 0 amide bonds. The van der Waals surface area contributed by atoms with Gasteiger partial charge in [-0.2, -0.15) is 0 Å². The number of halogens is 1. The largest absolute Gasteiger partial charge is 0.326 e. The summed E-state index contributed by atoms with van der Waals surface area (Å²) in [6.45, 7) is 3.89. The molecule has 3 nitrogen and oxygen atoms in total. The second kappa shape index (κ2) is 6.29. The van der Waals surface area contributed by atoms with E-state index in [0.717, 1.165) is 6.42 Å². The molecule has 0 heterocycles. The van der Waals surface area contributed by atoms with Gasteiger partial charge in [0, 0.05) is 17.7 Å². The summed E-state index contributed by atoms with van der Waals surface area (Å²) in [5.41, 5.74) is 5.96. The van der Waals surface area contributed by atoms with Crippen LogP contribution in [0.5, 0.6) is 0 Å². The van der Waals surface area contributed by atoms with Gasteiger partial charge in [0.15, 0.2) is 9.84 Å². The summed E-state index contributed by atoms with van der Waals surface area (Å²) in [5, 5.41) is 0. The molecular weight excluding hydrogens is 253 g/mol. The highest BCUT2D eigenvalue weighted by Gasteiger charge is 2.18. The van der Waals surface area contributed by atoms with Gasteiger partial charge in [0.05, 0.1) is 11.5 Å². The molecule has 18 heavy (non-hydrogen) atoms. The Labute approximate surface area is 108 Å². The molecule has 0 radical (unpaired) electrons. The molecule has 0 bridgehead atoms. The average Bonchev–Trinajstić information content (AvgIpc) is 2.31. The van der Waals surface area contributed by atoms with Gasteiger partial charge in [0.1, 0.15) is 5.82 Å². The van der Waals surface area contributed by atoms with E-state index in [1.54, 1.807) is 12.1 Å². The summed E-state index contributed by atoms with van der Waals surface area (Å²) >= 11 is 0. The van der Waals surface area contributed by atoms with Crippen LogP contribution in [-0.4, -0.2) is 14.2 Å². The number of benzene rings is 1. The van der Waals surface area contributed by atoms with Crippen LogP contribution in [0.1, 0.15) is 31.4 Å². The zero-order chi connectivity index (χ0) is 13.8. The molecule has 0 spiro atoms. The maximum atomic E-state index is 13.9. The lowest BCUT2D eigenvalue weighted by atomic mass is 10.1. The Morgan fingerprint density at radius 1 is 1.33 bits per heavy atom. The fourth-order valence-electron chi connectivity index (χ4n) is 1.75. The zero-order valence-corrected chi connectivity index (χ0v) is 11.6. The molecule has 1 aromatic rings. The molecule has 1 unspecified atom stereocenters. The first-order chi connectivity index (χ1) is 8.39. The lowest BCUT2D eigenvalue weighted by Crippen LogP contribution is -2.16. The smallest absolute Gasteiger partial charge is 0.154 e. The normalized spacial score (nSPS) is 13.6. The van der Waals surface area contributed by atoms with E-state index in [2.05, 4.69) is 0 Å². The summed E-state index contributed by atoms with van der Waals surface area (Å²) in [6, 6.07) is 4.71. The monoisotopic (exact) mass is 273 g/mol. The van der Waals surface area contributed by atoms with E-state index in [9.17, 15) is 12.8 Å². The third kappa shape index (κ3) is 4.07. The molecule has 1 aromatic carbocycles. The minimum absolute atomic E-state index is 0.0745. The third-order valence-electron chi connectivity index (χ3n) is 2.99. The Morgan fingerprint density at radius 3 is 2.50 bits per heavy atom. The zero-order valence-electron chi connectivity index (χ0n) is 10.8. The Hall–Kier alpha value is -0.940. The van der Waals surface area contributed by atoms with E-state index < -0.39 is 15.7 Å². The number of hydrogen-bond acceptors (Lipinski definition) is 3. The minimum atomic E-state index is -3.27. The quantitative estimate of drug-likeness (QED) is 0.864. The van der Waals surface area contributed by atoms with Crippen molar-refractivity contribution in [3.05, 3.63) is 35.1 Å². The summed E-state index contributed by atoms with van der Waals surface area (Å²) < 4.78 is 37.7. The van der Waals surface area contributed by atoms with E-state index in [0.29, 0.717) is 5.56 Å². The standard InChI is InChI=1S/C13H20FNO2S/c1-3-10(2)8-18(16,17)9-12-6-4-5-11(7-15)13(12)14/h4-6,10H,3,7-9,15H2,1-2H3. The summed E-state index contributed by atoms with van der Waals surface area (Å²) in [5.74, 6) is -0.559. The Morgan fingerprint density at radius 2 is 1.94 bits per heavy atom. The van der Waals surface area contributed by atoms with E-state index in [1.807, 2.05) is 13.8 Å². The van der Waals surface area contributed by atoms with Gasteiger partial charge in [0.2, 0.25) is 0 Å². The van der Waals surface area contributed by atoms with Crippen LogP contribution < -0.4 is 5.73 Å². The van der Waals surface area contributed by atoms with Gasteiger partial charge in [-0.25, -0.2) is 12.8 Å². The van der Waals surface area contributed by atoms with Crippen LogP contribution in [0.2, 0.25) is 0 Å². The molecule has 1 rings (SSSR count). The topological polar surface area (TPSA) is 60.2 Å². The fourth-order valence-corrected chi connectivity index (χ4v) is 3.67. The highest BCUT2D eigenvalue weighted by Crippen LogP contribution is 2.17. The van der Waals surface area contributed by atoms with Crippen molar-refractivity contribution in [2.45, 2.75) is 32.6 Å². The Balaban J connectivity index is 2.91. The number of rotatable bonds is 6. The van der Waals surface area contributed by atoms with Crippen molar-refractivity contribution in [3.63, 3.8) is 0 Å². The van der Waals surface area contributed by atoms with Gasteiger partial charge >= 0.3 is 0 Å². The molecule has 5 heteroatoms. The maximum absolute atomic E-state index is 13.9. The molecule has 0 saturated heterocycles. The van der Waals surface area contributed by atoms with Gasteiger partial charge < -0.3 is 5.73 Å². The van der Waals surface area contributed by atoms with Crippen LogP contribution in [0.25, 0.3) is 0 Å². The van der Waals surface area contributed by atoms with Crippen molar-refractivity contribution in [3.8, 4) is 0 Å². The SMILES string of the molecule is CCC(C)CS(=O)(=O)Cc1cccc(CN)c1F. The lowest BCUT2D eigenvalue weighted by Gasteiger charge is -2.11. The highest BCUT2D eigenvalue weighted by atomic mass is 32.2. The van der Waals surface area contributed by atoms with Crippen LogP contribution in [0.15, 0.2) is 18.2 Å². The van der Waals surface area contributed by atoms with Crippen LogP contribution in [0, 0.1) is 11.7 Å². The maximum Gasteiger partial charge on any atom is 0.154 e. The second-order valence-corrected chi connectivity index (χ2v) is 6.77. The minimum Gasteiger partial charge on any atom is -0.326 e. The first-order valence-electron chi connectivity index (χ1n) is 6.06. The van der Waals surface area contributed by atoms with Crippen molar-refractivity contribution in [2.24, 2.45) is 11.7 Å². The summed E-state index contributed by atoms with van der Waals surface area (Å²) in [4.78, 5) is 0. The number of sulfone groups is 1. The van der Waals surface area contributed by atoms with E-state index in [1.165, 1.54) is 6.07 Å². The molecule has 102 valence electrons. The van der Waals surface area contributed by atoms with Gasteiger partial charge in [-0.15, -0.1) is 0 Å². The number of hydrogen-bond donors (Lipinski definition) is 1. The molecule has 0 aliphatic heterocycles. The molecule has 0 aliphatic carbocycles. The van der Waals surface area contributed by atoms with E-state index >= 15 is 0 Å². The van der Waals surface area contributed by atoms with Crippen molar-refractivity contribution >= 4 is 9.84 Å². The lowest BCUT2D eigenvalue weighted by molar-refractivity contribution is 0.558. The Kier molecular flexibility index (Phi) is 5.28. The van der Waals surface area contributed by atoms with Crippen molar-refractivity contribution in [1.82, 2.24) is 0 Å². The van der Waals surface area contributed by atoms with Crippen molar-refractivity contribution in [1.29, 1.82) is 0 Å². The van der Waals surface area contributed by atoms with Gasteiger partial charge in [-0.3, -0.25) is 0 Å². The molecule has 1 atom stereocenters. The van der Waals surface area contributed by atoms with Gasteiger partial charge in [-0.05, 0) is 5.92 Å². The first kappa shape index (κ1) is 15.1. The number of nitrogens with two attached hydrogens (primary N) is 1. The van der Waals surface area contributed by atoms with Crippen LogP contribution >= 0.6 is 0 Å². The van der Waals surface area contributed by atoms with Crippen molar-refractivity contribution in [2.75, 3.05) is 5.75 Å². The predicted molar refractivity (Wildman–Crippen MR) is 71.2 cm³/mol. The van der Waals surface area contributed by atoms with Crippen molar-refractivity contribution < 1.29 is 12.8 Å². The predicted octanol–water partition coefficient (Wildman–Crippen LogP) is 2.25. The molecular formula is C13H20FNO2S. The molecule has 0 fully saturated rings. The molecule has 0 saturated carbocycles. The summed E-state index contributed by atoms with van der Waals surface area (Å²) in [6.07, 6.45) is 0.796. The average molecular weight is 273 g/mol. The van der Waals surface area contributed by atoms with Crippen LogP contribution in [-0.2, 0) is 22.1 Å². The molecule has 0 aromatic heterocycles.